The van der Waals surface area contributed by atoms with Crippen LogP contribution >= 0.6 is 0 Å². The lowest BCUT2D eigenvalue weighted by Gasteiger charge is -2.21. The number of aromatic nitrogens is 2. The summed E-state index contributed by atoms with van der Waals surface area (Å²) in [4.78, 5) is 15.9. The van der Waals surface area contributed by atoms with Crippen molar-refractivity contribution in [3.05, 3.63) is 41.3 Å². The molecule has 3 rings (SSSR count). The molecule has 1 aromatic heterocycles. The third kappa shape index (κ3) is 2.11. The summed E-state index contributed by atoms with van der Waals surface area (Å²) in [5.74, 6) is 0.0116. The van der Waals surface area contributed by atoms with E-state index in [0.717, 1.165) is 29.2 Å². The molecule has 0 aliphatic carbocycles. The van der Waals surface area contributed by atoms with E-state index >= 15 is 0 Å². The first-order valence-corrected chi connectivity index (χ1v) is 6.92. The second-order valence-electron chi connectivity index (χ2n) is 5.51. The fraction of sp³-hybridized carbons (Fsp3) is 0.375. The molecule has 4 nitrogen and oxygen atoms in total. The van der Waals surface area contributed by atoms with Gasteiger partial charge in [0.25, 0.3) is 0 Å². The number of hydrogen-bond donors (Lipinski definition) is 1. The third-order valence-corrected chi connectivity index (χ3v) is 4.09. The van der Waals surface area contributed by atoms with Crippen LogP contribution in [0.2, 0.25) is 0 Å². The zero-order chi connectivity index (χ0) is 14.3. The molecule has 1 aliphatic heterocycles. The molecule has 0 radical (unpaired) electrons. The molecule has 1 unspecified atom stereocenters. The van der Waals surface area contributed by atoms with Crippen molar-refractivity contribution in [1.82, 2.24) is 9.55 Å². The lowest BCUT2D eigenvalue weighted by Crippen LogP contribution is -2.27. The molecule has 0 amide bonds. The minimum atomic E-state index is -0.708. The van der Waals surface area contributed by atoms with Gasteiger partial charge in [-0.25, -0.2) is 4.98 Å². The number of nitrogens with zero attached hydrogens (tertiary/aromatic N) is 2. The number of hydrogen-bond acceptors (Lipinski definition) is 2. The number of rotatable bonds is 2. The van der Waals surface area contributed by atoms with Crippen molar-refractivity contribution in [3.8, 4) is 11.3 Å². The molecule has 1 N–H and O–H groups in total. The Morgan fingerprint density at radius 3 is 2.65 bits per heavy atom. The number of carbonyl (C=O) groups is 1. The van der Waals surface area contributed by atoms with Crippen molar-refractivity contribution in [2.75, 3.05) is 0 Å². The van der Waals surface area contributed by atoms with Gasteiger partial charge in [0.1, 0.15) is 5.82 Å². The standard InChI is InChI=1S/C16H18N2O2/c1-10-3-5-12(6-4-10)15-11(2)18-9-13(16(19)20)7-8-14(18)17-15/h3-6,13H,7-9H2,1-2H3,(H,19,20). The number of carboxylic acid groups (broad SMARTS) is 1. The predicted octanol–water partition coefficient (Wildman–Crippen LogP) is 2.81. The van der Waals surface area contributed by atoms with Crippen LogP contribution in [0.15, 0.2) is 24.3 Å². The molecular formula is C16H18N2O2. The molecule has 1 aliphatic rings. The van der Waals surface area contributed by atoms with E-state index in [1.807, 2.05) is 6.92 Å². The van der Waals surface area contributed by atoms with Crippen molar-refractivity contribution in [2.45, 2.75) is 33.2 Å². The van der Waals surface area contributed by atoms with Crippen molar-refractivity contribution in [2.24, 2.45) is 5.92 Å². The van der Waals surface area contributed by atoms with Gasteiger partial charge in [-0.05, 0) is 20.3 Å². The predicted molar refractivity (Wildman–Crippen MR) is 76.6 cm³/mol. The molecule has 2 heterocycles. The van der Waals surface area contributed by atoms with Crippen LogP contribution in [0.1, 0.15) is 23.5 Å². The average Bonchev–Trinajstić information content (AvgIpc) is 2.76. The molecule has 0 spiro atoms. The van der Waals surface area contributed by atoms with Gasteiger partial charge in [-0.3, -0.25) is 4.79 Å². The van der Waals surface area contributed by atoms with E-state index in [1.54, 1.807) is 0 Å². The Bertz CT molecular complexity index is 656. The first kappa shape index (κ1) is 12.9. The van der Waals surface area contributed by atoms with Gasteiger partial charge in [0.05, 0.1) is 11.6 Å². The van der Waals surface area contributed by atoms with Gasteiger partial charge >= 0.3 is 5.97 Å². The number of imidazole rings is 1. The lowest BCUT2D eigenvalue weighted by molar-refractivity contribution is -0.142. The van der Waals surface area contributed by atoms with Crippen LogP contribution < -0.4 is 0 Å². The van der Waals surface area contributed by atoms with Crippen molar-refractivity contribution in [1.29, 1.82) is 0 Å². The fourth-order valence-corrected chi connectivity index (χ4v) is 2.83. The van der Waals surface area contributed by atoms with Gasteiger partial charge in [0, 0.05) is 24.2 Å². The van der Waals surface area contributed by atoms with Crippen molar-refractivity contribution in [3.63, 3.8) is 0 Å². The average molecular weight is 270 g/mol. The number of aliphatic carboxylic acids is 1. The molecule has 0 saturated heterocycles. The molecule has 4 heteroatoms. The van der Waals surface area contributed by atoms with Crippen LogP contribution in [0, 0.1) is 19.8 Å². The monoisotopic (exact) mass is 270 g/mol. The Morgan fingerprint density at radius 1 is 1.30 bits per heavy atom. The van der Waals surface area contributed by atoms with E-state index in [9.17, 15) is 9.90 Å². The summed E-state index contributed by atoms with van der Waals surface area (Å²) in [6, 6.07) is 8.30. The summed E-state index contributed by atoms with van der Waals surface area (Å²) in [6.45, 7) is 4.62. The Morgan fingerprint density at radius 2 is 2.00 bits per heavy atom. The largest absolute Gasteiger partial charge is 0.481 e. The third-order valence-electron chi connectivity index (χ3n) is 4.09. The van der Waals surface area contributed by atoms with E-state index in [0.29, 0.717) is 13.0 Å². The van der Waals surface area contributed by atoms with Gasteiger partial charge in [-0.1, -0.05) is 29.8 Å². The highest BCUT2D eigenvalue weighted by Gasteiger charge is 2.27. The molecule has 1 atom stereocenters. The number of carboxylic acids is 1. The number of aryl methyl sites for hydroxylation is 2. The smallest absolute Gasteiger partial charge is 0.308 e. The normalized spacial score (nSPS) is 17.8. The van der Waals surface area contributed by atoms with Gasteiger partial charge < -0.3 is 9.67 Å². The maximum absolute atomic E-state index is 11.2. The van der Waals surface area contributed by atoms with Crippen molar-refractivity contribution < 1.29 is 9.90 Å². The summed E-state index contributed by atoms with van der Waals surface area (Å²) >= 11 is 0. The molecular weight excluding hydrogens is 252 g/mol. The van der Waals surface area contributed by atoms with E-state index in [-0.39, 0.29) is 5.92 Å². The Labute approximate surface area is 118 Å². The zero-order valence-corrected chi connectivity index (χ0v) is 11.8. The molecule has 104 valence electrons. The number of fused-ring (bicyclic) bond motifs is 1. The van der Waals surface area contributed by atoms with Gasteiger partial charge in [-0.15, -0.1) is 0 Å². The summed E-state index contributed by atoms with van der Waals surface area (Å²) in [6.07, 6.45) is 1.42. The lowest BCUT2D eigenvalue weighted by atomic mass is 9.99. The minimum Gasteiger partial charge on any atom is -0.481 e. The van der Waals surface area contributed by atoms with Crippen LogP contribution in [-0.2, 0) is 17.8 Å². The number of benzene rings is 1. The second-order valence-corrected chi connectivity index (χ2v) is 5.51. The van der Waals surface area contributed by atoms with Crippen LogP contribution in [0.5, 0.6) is 0 Å². The maximum atomic E-state index is 11.2. The topological polar surface area (TPSA) is 55.1 Å². The molecule has 0 saturated carbocycles. The fourth-order valence-electron chi connectivity index (χ4n) is 2.83. The highest BCUT2D eigenvalue weighted by Crippen LogP contribution is 2.29. The highest BCUT2D eigenvalue weighted by atomic mass is 16.4. The Hall–Kier alpha value is -2.10. The second kappa shape index (κ2) is 4.78. The van der Waals surface area contributed by atoms with Crippen LogP contribution in [0.4, 0.5) is 0 Å². The van der Waals surface area contributed by atoms with Gasteiger partial charge in [0.2, 0.25) is 0 Å². The minimum absolute atomic E-state index is 0.290. The maximum Gasteiger partial charge on any atom is 0.308 e. The molecule has 1 aromatic carbocycles. The van der Waals surface area contributed by atoms with Crippen LogP contribution in [-0.4, -0.2) is 20.6 Å². The van der Waals surface area contributed by atoms with E-state index in [4.69, 9.17) is 4.98 Å². The summed E-state index contributed by atoms with van der Waals surface area (Å²) < 4.78 is 2.07. The van der Waals surface area contributed by atoms with Crippen LogP contribution in [0.25, 0.3) is 11.3 Å². The molecule has 0 fully saturated rings. The summed E-state index contributed by atoms with van der Waals surface area (Å²) in [5.41, 5.74) is 4.36. The quantitative estimate of drug-likeness (QED) is 0.913. The Balaban J connectivity index is 2.00. The van der Waals surface area contributed by atoms with Gasteiger partial charge in [0.15, 0.2) is 0 Å². The first-order chi connectivity index (χ1) is 9.56. The van der Waals surface area contributed by atoms with Crippen LogP contribution in [0.3, 0.4) is 0 Å². The summed E-state index contributed by atoms with van der Waals surface area (Å²) in [5, 5.41) is 9.18. The van der Waals surface area contributed by atoms with E-state index in [2.05, 4.69) is 35.8 Å². The Kier molecular flexibility index (Phi) is 3.08. The van der Waals surface area contributed by atoms with E-state index in [1.165, 1.54) is 5.56 Å². The molecule has 20 heavy (non-hydrogen) atoms. The molecule has 2 aromatic rings. The van der Waals surface area contributed by atoms with Gasteiger partial charge in [-0.2, -0.15) is 0 Å². The van der Waals surface area contributed by atoms with E-state index < -0.39 is 5.97 Å². The summed E-state index contributed by atoms with van der Waals surface area (Å²) in [7, 11) is 0. The molecule has 0 bridgehead atoms. The van der Waals surface area contributed by atoms with Crippen molar-refractivity contribution >= 4 is 5.97 Å². The SMILES string of the molecule is Cc1ccc(-c2nc3n(c2C)CC(C(=O)O)CC3)cc1. The highest BCUT2D eigenvalue weighted by molar-refractivity contribution is 5.70. The zero-order valence-electron chi connectivity index (χ0n) is 11.8. The first-order valence-electron chi connectivity index (χ1n) is 6.92.